The van der Waals surface area contributed by atoms with Gasteiger partial charge in [0.1, 0.15) is 0 Å². The van der Waals surface area contributed by atoms with Crippen LogP contribution in [0.1, 0.15) is 23.7 Å². The fourth-order valence-corrected chi connectivity index (χ4v) is 1.96. The highest BCUT2D eigenvalue weighted by molar-refractivity contribution is 7.98. The van der Waals surface area contributed by atoms with E-state index in [1.54, 1.807) is 11.8 Å². The molecule has 0 heterocycles. The van der Waals surface area contributed by atoms with Crippen molar-refractivity contribution in [3.05, 3.63) is 29.8 Å². The van der Waals surface area contributed by atoms with E-state index in [1.165, 1.54) is 0 Å². The van der Waals surface area contributed by atoms with Crippen molar-refractivity contribution in [3.63, 3.8) is 0 Å². The minimum absolute atomic E-state index is 0.0504. The Morgan fingerprint density at radius 2 is 2.06 bits per heavy atom. The van der Waals surface area contributed by atoms with Crippen molar-refractivity contribution in [3.8, 4) is 0 Å². The third-order valence-electron chi connectivity index (χ3n) is 2.37. The molecule has 0 bridgehead atoms. The van der Waals surface area contributed by atoms with Crippen molar-refractivity contribution in [1.82, 2.24) is 5.32 Å². The number of benzene rings is 1. The van der Waals surface area contributed by atoms with E-state index in [1.807, 2.05) is 37.4 Å². The van der Waals surface area contributed by atoms with Gasteiger partial charge in [-0.2, -0.15) is 0 Å². The fourth-order valence-electron chi connectivity index (χ4n) is 1.26. The summed E-state index contributed by atoms with van der Waals surface area (Å²) in [5, 5.41) is 2.89. The first-order valence-corrected chi connectivity index (χ1v) is 6.98. The highest BCUT2D eigenvalue weighted by Crippen LogP contribution is 2.14. The van der Waals surface area contributed by atoms with Gasteiger partial charge in [0.15, 0.2) is 0 Å². The van der Waals surface area contributed by atoms with Gasteiger partial charge in [0.05, 0.1) is 0 Å². The third-order valence-corrected chi connectivity index (χ3v) is 3.48. The van der Waals surface area contributed by atoms with E-state index in [-0.39, 0.29) is 11.9 Å². The zero-order chi connectivity index (χ0) is 12.0. The molecule has 0 aromatic heterocycles. The van der Waals surface area contributed by atoms with Gasteiger partial charge in [-0.25, -0.2) is 0 Å². The van der Waals surface area contributed by atoms with Crippen LogP contribution in [0.4, 0.5) is 0 Å². The maximum absolute atomic E-state index is 11.8. The van der Waals surface area contributed by atoms with E-state index in [4.69, 9.17) is 11.6 Å². The number of hydrogen-bond acceptors (Lipinski definition) is 2. The monoisotopic (exact) mass is 257 g/mol. The summed E-state index contributed by atoms with van der Waals surface area (Å²) in [7, 11) is 0. The lowest BCUT2D eigenvalue weighted by Gasteiger charge is -2.13. The van der Waals surface area contributed by atoms with Crippen LogP contribution < -0.4 is 5.32 Å². The standard InChI is InChI=1S/C12H16ClNOS/c1-3-10(8-13)14-12(15)9-4-6-11(16-2)7-5-9/h4-7,10H,3,8H2,1-2H3,(H,14,15). The summed E-state index contributed by atoms with van der Waals surface area (Å²) in [4.78, 5) is 12.9. The molecule has 1 aromatic carbocycles. The number of alkyl halides is 1. The van der Waals surface area contributed by atoms with Crippen LogP contribution in [0.3, 0.4) is 0 Å². The summed E-state index contributed by atoms with van der Waals surface area (Å²) in [6.07, 6.45) is 2.85. The Balaban J connectivity index is 2.65. The first kappa shape index (κ1) is 13.4. The van der Waals surface area contributed by atoms with E-state index in [9.17, 15) is 4.79 Å². The van der Waals surface area contributed by atoms with Gasteiger partial charge in [0, 0.05) is 22.4 Å². The molecular formula is C12H16ClNOS. The molecule has 4 heteroatoms. The molecule has 0 radical (unpaired) electrons. The van der Waals surface area contributed by atoms with Gasteiger partial charge in [-0.1, -0.05) is 6.92 Å². The molecule has 16 heavy (non-hydrogen) atoms. The molecule has 0 spiro atoms. The summed E-state index contributed by atoms with van der Waals surface area (Å²) < 4.78 is 0. The summed E-state index contributed by atoms with van der Waals surface area (Å²) in [5.74, 6) is 0.394. The second-order valence-corrected chi connectivity index (χ2v) is 4.65. The van der Waals surface area contributed by atoms with Crippen LogP contribution in [-0.2, 0) is 0 Å². The van der Waals surface area contributed by atoms with Crippen molar-refractivity contribution in [2.75, 3.05) is 12.1 Å². The number of amides is 1. The molecule has 1 rings (SSSR count). The first-order chi connectivity index (χ1) is 7.71. The molecule has 1 aromatic rings. The largest absolute Gasteiger partial charge is 0.348 e. The van der Waals surface area contributed by atoms with Crippen LogP contribution in [0.5, 0.6) is 0 Å². The molecule has 0 aliphatic rings. The van der Waals surface area contributed by atoms with Crippen molar-refractivity contribution in [1.29, 1.82) is 0 Å². The second kappa shape index (κ2) is 6.81. The van der Waals surface area contributed by atoms with Crippen molar-refractivity contribution < 1.29 is 4.79 Å². The van der Waals surface area contributed by atoms with Crippen LogP contribution in [0.15, 0.2) is 29.2 Å². The van der Waals surface area contributed by atoms with Gasteiger partial charge >= 0.3 is 0 Å². The van der Waals surface area contributed by atoms with Crippen LogP contribution in [-0.4, -0.2) is 24.1 Å². The Hall–Kier alpha value is -0.670. The van der Waals surface area contributed by atoms with Gasteiger partial charge in [0.2, 0.25) is 0 Å². The topological polar surface area (TPSA) is 29.1 Å². The lowest BCUT2D eigenvalue weighted by molar-refractivity contribution is 0.0939. The average molecular weight is 258 g/mol. The zero-order valence-corrected chi connectivity index (χ0v) is 11.1. The molecule has 1 unspecified atom stereocenters. The summed E-state index contributed by atoms with van der Waals surface area (Å²) in [6.45, 7) is 2.00. The molecule has 0 fully saturated rings. The molecule has 88 valence electrons. The number of nitrogens with one attached hydrogen (secondary N) is 1. The normalized spacial score (nSPS) is 12.2. The first-order valence-electron chi connectivity index (χ1n) is 5.22. The minimum atomic E-state index is -0.0554. The van der Waals surface area contributed by atoms with Crippen LogP contribution in [0.2, 0.25) is 0 Å². The van der Waals surface area contributed by atoms with Gasteiger partial charge < -0.3 is 5.32 Å². The lowest BCUT2D eigenvalue weighted by atomic mass is 10.2. The Kier molecular flexibility index (Phi) is 5.71. The SMILES string of the molecule is CCC(CCl)NC(=O)c1ccc(SC)cc1. The number of carbonyl (C=O) groups is 1. The van der Waals surface area contributed by atoms with E-state index in [0.29, 0.717) is 11.4 Å². The van der Waals surface area contributed by atoms with Crippen molar-refractivity contribution >= 4 is 29.3 Å². The van der Waals surface area contributed by atoms with E-state index >= 15 is 0 Å². The predicted molar refractivity (Wildman–Crippen MR) is 70.5 cm³/mol. The van der Waals surface area contributed by atoms with Gasteiger partial charge in [-0.15, -0.1) is 23.4 Å². The second-order valence-electron chi connectivity index (χ2n) is 3.46. The Labute approximate surface area is 106 Å². The summed E-state index contributed by atoms with van der Waals surface area (Å²) in [6, 6.07) is 7.61. The number of carbonyl (C=O) groups excluding carboxylic acids is 1. The summed E-state index contributed by atoms with van der Waals surface area (Å²) >= 11 is 7.39. The molecule has 0 saturated carbocycles. The van der Waals surface area contributed by atoms with Crippen LogP contribution in [0, 0.1) is 0 Å². The molecule has 0 aliphatic heterocycles. The quantitative estimate of drug-likeness (QED) is 0.649. The van der Waals surface area contributed by atoms with E-state index in [2.05, 4.69) is 5.32 Å². The minimum Gasteiger partial charge on any atom is -0.348 e. The molecule has 0 saturated heterocycles. The van der Waals surface area contributed by atoms with Gasteiger partial charge in [0.25, 0.3) is 5.91 Å². The van der Waals surface area contributed by atoms with Gasteiger partial charge in [-0.05, 0) is 36.9 Å². The molecule has 0 aliphatic carbocycles. The number of hydrogen-bond donors (Lipinski definition) is 1. The number of halogens is 1. The molecule has 1 atom stereocenters. The number of thioether (sulfide) groups is 1. The maximum atomic E-state index is 11.8. The summed E-state index contributed by atoms with van der Waals surface area (Å²) in [5.41, 5.74) is 0.682. The highest BCUT2D eigenvalue weighted by Gasteiger charge is 2.10. The van der Waals surface area contributed by atoms with E-state index < -0.39 is 0 Å². The average Bonchev–Trinajstić information content (AvgIpc) is 2.35. The smallest absolute Gasteiger partial charge is 0.251 e. The third kappa shape index (κ3) is 3.72. The van der Waals surface area contributed by atoms with Crippen LogP contribution >= 0.6 is 23.4 Å². The molecular weight excluding hydrogens is 242 g/mol. The molecule has 1 amide bonds. The van der Waals surface area contributed by atoms with Crippen LogP contribution in [0.25, 0.3) is 0 Å². The lowest BCUT2D eigenvalue weighted by Crippen LogP contribution is -2.35. The van der Waals surface area contributed by atoms with Gasteiger partial charge in [-0.3, -0.25) is 4.79 Å². The highest BCUT2D eigenvalue weighted by atomic mass is 35.5. The Bertz CT molecular complexity index is 335. The molecule has 2 nitrogen and oxygen atoms in total. The zero-order valence-electron chi connectivity index (χ0n) is 9.50. The molecule has 1 N–H and O–H groups in total. The van der Waals surface area contributed by atoms with E-state index in [0.717, 1.165) is 11.3 Å². The number of rotatable bonds is 5. The Morgan fingerprint density at radius 3 is 2.50 bits per heavy atom. The fraction of sp³-hybridized carbons (Fsp3) is 0.417. The Morgan fingerprint density at radius 1 is 1.44 bits per heavy atom. The van der Waals surface area contributed by atoms with Crippen molar-refractivity contribution in [2.24, 2.45) is 0 Å². The predicted octanol–water partition coefficient (Wildman–Crippen LogP) is 3.16. The maximum Gasteiger partial charge on any atom is 0.251 e. The van der Waals surface area contributed by atoms with Crippen molar-refractivity contribution in [2.45, 2.75) is 24.3 Å².